The number of carbonyl (C=O) groups excluding carboxylic acids is 1. The second-order valence-electron chi connectivity index (χ2n) is 8.20. The normalized spacial score (nSPS) is 27.8. The van der Waals surface area contributed by atoms with Gasteiger partial charge in [-0.2, -0.15) is 0 Å². The molecule has 3 nitrogen and oxygen atoms in total. The van der Waals surface area contributed by atoms with Crippen LogP contribution in [0.2, 0.25) is 10.0 Å². The molecular weight excluding hydrogens is 405 g/mol. The maximum atomic E-state index is 12.1. The molecule has 1 aliphatic rings. The largest absolute Gasteiger partial charge is 0.466 e. The van der Waals surface area contributed by atoms with Gasteiger partial charge in [-0.25, -0.2) is 0 Å². The van der Waals surface area contributed by atoms with Crippen LogP contribution in [0.15, 0.2) is 55.3 Å². The summed E-state index contributed by atoms with van der Waals surface area (Å²) in [5.41, 5.74) is 8.14. The highest BCUT2D eigenvalue weighted by Gasteiger charge is 2.49. The van der Waals surface area contributed by atoms with E-state index in [4.69, 9.17) is 33.7 Å². The van der Waals surface area contributed by atoms with Gasteiger partial charge in [-0.1, -0.05) is 54.9 Å². The van der Waals surface area contributed by atoms with Crippen LogP contribution < -0.4 is 10.5 Å². The van der Waals surface area contributed by atoms with Gasteiger partial charge in [0.1, 0.15) is 12.0 Å². The van der Waals surface area contributed by atoms with Crippen molar-refractivity contribution in [3.8, 4) is 5.75 Å². The van der Waals surface area contributed by atoms with Crippen molar-refractivity contribution in [2.75, 3.05) is 0 Å². The Morgan fingerprint density at radius 2 is 1.93 bits per heavy atom. The molecule has 29 heavy (non-hydrogen) atoms. The van der Waals surface area contributed by atoms with E-state index < -0.39 is 5.41 Å². The van der Waals surface area contributed by atoms with Crippen LogP contribution in [0.5, 0.6) is 5.75 Å². The van der Waals surface area contributed by atoms with Crippen LogP contribution in [-0.4, -0.2) is 12.3 Å². The zero-order chi connectivity index (χ0) is 21.2. The van der Waals surface area contributed by atoms with Gasteiger partial charge in [0.05, 0.1) is 6.26 Å². The third-order valence-corrected chi connectivity index (χ3v) is 6.84. The molecule has 0 amide bonds. The van der Waals surface area contributed by atoms with E-state index >= 15 is 0 Å². The molecule has 0 spiro atoms. The molecule has 3 rings (SSSR count). The van der Waals surface area contributed by atoms with Gasteiger partial charge < -0.3 is 15.3 Å². The molecule has 5 atom stereocenters. The lowest BCUT2D eigenvalue weighted by atomic mass is 9.55. The number of carbonyl (C=O) groups is 1. The minimum atomic E-state index is -0.493. The number of hydrogen-bond donors (Lipinski definition) is 1. The van der Waals surface area contributed by atoms with E-state index in [1.807, 2.05) is 56.3 Å². The van der Waals surface area contributed by atoms with E-state index in [0.717, 1.165) is 30.3 Å². The van der Waals surface area contributed by atoms with E-state index in [-0.39, 0.29) is 23.8 Å². The van der Waals surface area contributed by atoms with Crippen molar-refractivity contribution < 1.29 is 9.53 Å². The molecule has 1 aliphatic carbocycles. The predicted molar refractivity (Wildman–Crippen MR) is 120 cm³/mol. The van der Waals surface area contributed by atoms with Crippen LogP contribution in [0.4, 0.5) is 0 Å². The summed E-state index contributed by atoms with van der Waals surface area (Å²) < 4.78 is 5.36. The summed E-state index contributed by atoms with van der Waals surface area (Å²) >= 11 is 12.8. The monoisotopic (exact) mass is 431 g/mol. The van der Waals surface area contributed by atoms with Crippen molar-refractivity contribution in [3.05, 3.63) is 76.5 Å². The second-order valence-corrected chi connectivity index (χ2v) is 9.04. The van der Waals surface area contributed by atoms with Crippen LogP contribution in [0.25, 0.3) is 0 Å². The molecule has 2 aromatic rings. The molecule has 0 heterocycles. The first-order valence-corrected chi connectivity index (χ1v) is 10.6. The fourth-order valence-corrected chi connectivity index (χ4v) is 5.43. The molecule has 0 saturated heterocycles. The van der Waals surface area contributed by atoms with Crippen molar-refractivity contribution in [1.29, 1.82) is 0 Å². The topological polar surface area (TPSA) is 52.3 Å². The molecular formula is C24H27Cl2NO2. The average molecular weight is 432 g/mol. The van der Waals surface area contributed by atoms with E-state index in [1.54, 1.807) is 0 Å². The number of nitrogens with two attached hydrogens (primary N) is 1. The van der Waals surface area contributed by atoms with E-state index in [1.165, 1.54) is 6.26 Å². The van der Waals surface area contributed by atoms with Crippen molar-refractivity contribution in [1.82, 2.24) is 0 Å². The van der Waals surface area contributed by atoms with Crippen LogP contribution in [0.3, 0.4) is 0 Å². The second kappa shape index (κ2) is 8.91. The molecule has 1 saturated carbocycles. The molecule has 0 radical (unpaired) electrons. The lowest BCUT2D eigenvalue weighted by Crippen LogP contribution is -2.48. The number of ether oxygens (including phenoxy) is 1. The molecule has 1 fully saturated rings. The van der Waals surface area contributed by atoms with Gasteiger partial charge in [-0.15, -0.1) is 0 Å². The Bertz CT molecular complexity index is 881. The first-order chi connectivity index (χ1) is 13.8. The van der Waals surface area contributed by atoms with Gasteiger partial charge in [0.25, 0.3) is 0 Å². The number of halogens is 2. The highest BCUT2D eigenvalue weighted by Crippen LogP contribution is 2.56. The first kappa shape index (κ1) is 21.9. The average Bonchev–Trinajstić information content (AvgIpc) is 2.69. The summed E-state index contributed by atoms with van der Waals surface area (Å²) in [6, 6.07) is 13.4. The molecule has 0 aromatic heterocycles. The molecule has 0 aliphatic heterocycles. The van der Waals surface area contributed by atoms with E-state index in [9.17, 15) is 4.79 Å². The van der Waals surface area contributed by atoms with Crippen LogP contribution in [0.1, 0.15) is 49.7 Å². The van der Waals surface area contributed by atoms with Crippen molar-refractivity contribution in [3.63, 3.8) is 0 Å². The summed E-state index contributed by atoms with van der Waals surface area (Å²) in [6.07, 6.45) is 4.07. The third kappa shape index (κ3) is 4.37. The Morgan fingerprint density at radius 3 is 2.48 bits per heavy atom. The van der Waals surface area contributed by atoms with Crippen molar-refractivity contribution >= 4 is 29.5 Å². The Kier molecular flexibility index (Phi) is 6.72. The summed E-state index contributed by atoms with van der Waals surface area (Å²) in [5, 5.41) is 1.33. The van der Waals surface area contributed by atoms with Gasteiger partial charge in [0.2, 0.25) is 0 Å². The molecule has 0 bridgehead atoms. The zero-order valence-electron chi connectivity index (χ0n) is 16.8. The molecule has 154 valence electrons. The molecule has 5 heteroatoms. The number of hydrogen-bond acceptors (Lipinski definition) is 3. The summed E-state index contributed by atoms with van der Waals surface area (Å²) in [7, 11) is 0. The number of aldehydes is 1. The fourth-order valence-electron chi connectivity index (χ4n) is 4.99. The van der Waals surface area contributed by atoms with Crippen LogP contribution in [0, 0.1) is 11.3 Å². The van der Waals surface area contributed by atoms with Gasteiger partial charge >= 0.3 is 0 Å². The Hall–Kier alpha value is -1.81. The van der Waals surface area contributed by atoms with Crippen LogP contribution in [-0.2, 0) is 4.79 Å². The number of rotatable bonds is 6. The van der Waals surface area contributed by atoms with Crippen molar-refractivity contribution in [2.24, 2.45) is 17.1 Å². The third-order valence-electron chi connectivity index (χ3n) is 6.26. The Balaban J connectivity index is 2.13. The molecule has 5 unspecified atom stereocenters. The lowest BCUT2D eigenvalue weighted by Gasteiger charge is -2.49. The van der Waals surface area contributed by atoms with Gasteiger partial charge in [-0.05, 0) is 72.9 Å². The summed E-state index contributed by atoms with van der Waals surface area (Å²) in [4.78, 5) is 12.1. The van der Waals surface area contributed by atoms with Gasteiger partial charge in [0.15, 0.2) is 0 Å². The quantitative estimate of drug-likeness (QED) is 0.428. The molecule has 2 N–H and O–H groups in total. The minimum absolute atomic E-state index is 0.0277. The van der Waals surface area contributed by atoms with E-state index in [0.29, 0.717) is 15.8 Å². The van der Waals surface area contributed by atoms with Crippen LogP contribution >= 0.6 is 23.2 Å². The minimum Gasteiger partial charge on any atom is -0.466 e. The first-order valence-electron chi connectivity index (χ1n) is 9.85. The smallest absolute Gasteiger partial charge is 0.127 e. The Morgan fingerprint density at radius 1 is 1.24 bits per heavy atom. The highest BCUT2D eigenvalue weighted by molar-refractivity contribution is 6.31. The standard InChI is InChI=1S/C24H27Cl2NO2/c1-4-29-18-9-10-19(21(26)13-18)20-11-12-24(3,14-28)23(15(2)27)22(20)16-5-7-17(25)8-6-16/h4-10,13-15,20,22-23H,1,11-12,27H2,2-3H3. The SMILES string of the molecule is C=COc1ccc(C2CCC(C)(C=O)C(C(C)N)C2c2ccc(Cl)cc2)c(Cl)c1. The summed E-state index contributed by atoms with van der Waals surface area (Å²) in [6.45, 7) is 7.60. The Labute approximate surface area is 182 Å². The van der Waals surface area contributed by atoms with Gasteiger partial charge in [-0.3, -0.25) is 0 Å². The maximum absolute atomic E-state index is 12.1. The zero-order valence-corrected chi connectivity index (χ0v) is 18.3. The van der Waals surface area contributed by atoms with Gasteiger partial charge in [0, 0.05) is 21.5 Å². The number of benzene rings is 2. The lowest BCUT2D eigenvalue weighted by molar-refractivity contribution is -0.121. The fraction of sp³-hybridized carbons (Fsp3) is 0.375. The molecule has 2 aromatic carbocycles. The predicted octanol–water partition coefficient (Wildman–Crippen LogP) is 6.35. The van der Waals surface area contributed by atoms with Crippen molar-refractivity contribution in [2.45, 2.75) is 44.6 Å². The summed E-state index contributed by atoms with van der Waals surface area (Å²) in [5.74, 6) is 0.791. The van der Waals surface area contributed by atoms with E-state index in [2.05, 4.69) is 6.58 Å². The maximum Gasteiger partial charge on any atom is 0.127 e. The highest BCUT2D eigenvalue weighted by atomic mass is 35.5.